The number of nitrogens with zero attached hydrogens (tertiary/aromatic N) is 4. The Bertz CT molecular complexity index is 551. The lowest BCUT2D eigenvalue weighted by molar-refractivity contribution is 1.13. The Hall–Kier alpha value is -2.61. The maximum absolute atomic E-state index is 8.56. The fourth-order valence-corrected chi connectivity index (χ4v) is 1.51. The largest absolute Gasteiger partial charge is 0.403 e. The van der Waals surface area contributed by atoms with Crippen molar-refractivity contribution < 1.29 is 0 Å². The molecule has 0 unspecified atom stereocenters. The average Bonchev–Trinajstić information content (AvgIpc) is 2.40. The number of hydrogen-bond donors (Lipinski definition) is 1. The van der Waals surface area contributed by atoms with Crippen LogP contribution in [-0.2, 0) is 0 Å². The molecule has 0 aliphatic rings. The van der Waals surface area contributed by atoms with Crippen LogP contribution in [-0.4, -0.2) is 19.1 Å². The van der Waals surface area contributed by atoms with Gasteiger partial charge in [-0.15, -0.1) is 0 Å². The van der Waals surface area contributed by atoms with Crippen LogP contribution in [0.3, 0.4) is 0 Å². The molecule has 0 bridgehead atoms. The van der Waals surface area contributed by atoms with Gasteiger partial charge in [0.2, 0.25) is 5.39 Å². The Kier molecular flexibility index (Phi) is 3.39. The van der Waals surface area contributed by atoms with Crippen molar-refractivity contribution in [3.8, 4) is 0 Å². The summed E-state index contributed by atoms with van der Waals surface area (Å²) in [5, 5.41) is 11.7. The maximum Gasteiger partial charge on any atom is 0.403 e. The van der Waals surface area contributed by atoms with E-state index in [2.05, 4.69) is 15.3 Å². The molecule has 1 N–H and O–H groups in total. The van der Waals surface area contributed by atoms with Gasteiger partial charge in [0.05, 0.1) is 0 Å². The summed E-state index contributed by atoms with van der Waals surface area (Å²) in [4.78, 5) is 9.22. The van der Waals surface area contributed by atoms with E-state index in [0.29, 0.717) is 11.5 Å². The minimum atomic E-state index is 0.434. The van der Waals surface area contributed by atoms with Gasteiger partial charge in [-0.3, -0.25) is 0 Å². The van der Waals surface area contributed by atoms with Crippen LogP contribution in [0.5, 0.6) is 0 Å². The number of aromatic nitrogens is 1. The second-order valence-corrected chi connectivity index (χ2v) is 4.07. The molecule has 2 rings (SSSR count). The molecule has 0 amide bonds. The number of benzene rings is 1. The second kappa shape index (κ2) is 5.15. The molecular weight excluding hydrogens is 226 g/mol. The van der Waals surface area contributed by atoms with E-state index < -0.39 is 0 Å². The van der Waals surface area contributed by atoms with Crippen molar-refractivity contribution in [2.75, 3.05) is 24.3 Å². The Morgan fingerprint density at radius 3 is 2.33 bits per heavy atom. The summed E-state index contributed by atoms with van der Waals surface area (Å²) in [6.07, 6.45) is 1.50. The first-order chi connectivity index (χ1) is 8.69. The van der Waals surface area contributed by atoms with Gasteiger partial charge in [0.15, 0.2) is 4.98 Å². The Labute approximate surface area is 106 Å². The number of hydrogen-bond acceptors (Lipinski definition) is 4. The number of rotatable bonds is 3. The molecule has 18 heavy (non-hydrogen) atoms. The van der Waals surface area contributed by atoms with Crippen molar-refractivity contribution in [2.24, 2.45) is 0 Å². The summed E-state index contributed by atoms with van der Waals surface area (Å²) in [6.45, 7) is 0. The highest BCUT2D eigenvalue weighted by molar-refractivity contribution is 5.61. The first-order valence-corrected chi connectivity index (χ1v) is 5.54. The summed E-state index contributed by atoms with van der Waals surface area (Å²) in [7, 11) is 4.00. The van der Waals surface area contributed by atoms with Gasteiger partial charge in [0, 0.05) is 31.5 Å². The third-order valence-corrected chi connectivity index (χ3v) is 2.52. The lowest BCUT2D eigenvalue weighted by Crippen LogP contribution is -2.08. The van der Waals surface area contributed by atoms with E-state index in [1.165, 1.54) is 6.20 Å². The topological polar surface area (TPSA) is 56.3 Å². The van der Waals surface area contributed by atoms with Gasteiger partial charge in [0.1, 0.15) is 12.0 Å². The summed E-state index contributed by atoms with van der Waals surface area (Å²) in [6, 6.07) is 11.5. The molecule has 1 heterocycles. The molecule has 5 nitrogen and oxygen atoms in total. The molecule has 0 aliphatic carbocycles. The van der Waals surface area contributed by atoms with Gasteiger partial charge >= 0.3 is 5.69 Å². The maximum atomic E-state index is 8.56. The quantitative estimate of drug-likeness (QED) is 0.835. The van der Waals surface area contributed by atoms with Crippen molar-refractivity contribution in [1.29, 1.82) is 5.39 Å². The van der Waals surface area contributed by atoms with E-state index in [9.17, 15) is 0 Å². The molecule has 1 aromatic carbocycles. The zero-order chi connectivity index (χ0) is 13.0. The van der Waals surface area contributed by atoms with Crippen molar-refractivity contribution >= 4 is 22.9 Å². The number of pyridine rings is 1. The zero-order valence-electron chi connectivity index (χ0n) is 10.3. The molecule has 0 aliphatic heterocycles. The minimum absolute atomic E-state index is 0.434. The van der Waals surface area contributed by atoms with Gasteiger partial charge in [-0.1, -0.05) is 0 Å². The van der Waals surface area contributed by atoms with Crippen LogP contribution in [0.25, 0.3) is 4.98 Å². The third-order valence-electron chi connectivity index (χ3n) is 2.52. The first-order valence-electron chi connectivity index (χ1n) is 5.54. The van der Waals surface area contributed by atoms with Gasteiger partial charge in [-0.25, -0.2) is 4.98 Å². The number of diazo groups is 1. The monoisotopic (exact) mass is 240 g/mol. The molecule has 2 aromatic rings. The van der Waals surface area contributed by atoms with Crippen LogP contribution in [0.2, 0.25) is 0 Å². The van der Waals surface area contributed by atoms with Crippen LogP contribution in [0.1, 0.15) is 0 Å². The molecule has 90 valence electrons. The SMILES string of the molecule is CN(C)c1ccc(Nc2ccc([N+]#N)cn2)cc1. The zero-order valence-corrected chi connectivity index (χ0v) is 10.3. The Balaban J connectivity index is 2.11. The van der Waals surface area contributed by atoms with Gasteiger partial charge in [0.25, 0.3) is 0 Å². The summed E-state index contributed by atoms with van der Waals surface area (Å²) in [5.41, 5.74) is 2.54. The van der Waals surface area contributed by atoms with Gasteiger partial charge < -0.3 is 10.2 Å². The normalized spacial score (nSPS) is 9.61. The minimum Gasteiger partial charge on any atom is -0.378 e. The molecule has 0 saturated heterocycles. The molecule has 0 saturated carbocycles. The average molecular weight is 240 g/mol. The Morgan fingerprint density at radius 1 is 1.11 bits per heavy atom. The highest BCUT2D eigenvalue weighted by Crippen LogP contribution is 2.20. The predicted octanol–water partition coefficient (Wildman–Crippen LogP) is 3.38. The first kappa shape index (κ1) is 11.9. The molecule has 0 fully saturated rings. The molecule has 0 spiro atoms. The van der Waals surface area contributed by atoms with Crippen LogP contribution < -0.4 is 10.2 Å². The lowest BCUT2D eigenvalue weighted by atomic mass is 10.2. The molecule has 0 radical (unpaired) electrons. The van der Waals surface area contributed by atoms with E-state index in [1.807, 2.05) is 43.3 Å². The van der Waals surface area contributed by atoms with E-state index >= 15 is 0 Å². The second-order valence-electron chi connectivity index (χ2n) is 4.07. The molecular formula is C13H14N5+. The molecule has 0 atom stereocenters. The smallest absolute Gasteiger partial charge is 0.378 e. The molecule has 5 heteroatoms. The third kappa shape index (κ3) is 2.74. The van der Waals surface area contributed by atoms with E-state index in [1.54, 1.807) is 12.1 Å². The van der Waals surface area contributed by atoms with Crippen LogP contribution in [0, 0.1) is 5.39 Å². The fraction of sp³-hybridized carbons (Fsp3) is 0.154. The standard InChI is InChI=1S/C13H14N5/c1-18(2)12-6-3-10(4-7-12)16-13-8-5-11(17-14)9-15-13/h3-9H,1-2H3,(H,15,16)/q+1. The number of nitrogens with one attached hydrogen (secondary N) is 1. The molecule has 1 aromatic heterocycles. The fourth-order valence-electron chi connectivity index (χ4n) is 1.51. The van der Waals surface area contributed by atoms with Crippen LogP contribution in [0.4, 0.5) is 22.9 Å². The van der Waals surface area contributed by atoms with Crippen LogP contribution in [0.15, 0.2) is 42.6 Å². The van der Waals surface area contributed by atoms with Crippen molar-refractivity contribution in [3.05, 3.63) is 47.6 Å². The van der Waals surface area contributed by atoms with Crippen LogP contribution >= 0.6 is 0 Å². The van der Waals surface area contributed by atoms with Crippen molar-refractivity contribution in [2.45, 2.75) is 0 Å². The highest BCUT2D eigenvalue weighted by atomic mass is 15.1. The van der Waals surface area contributed by atoms with Gasteiger partial charge in [-0.05, 0) is 30.3 Å². The van der Waals surface area contributed by atoms with Gasteiger partial charge in [-0.2, -0.15) is 0 Å². The Morgan fingerprint density at radius 2 is 1.83 bits per heavy atom. The van der Waals surface area contributed by atoms with E-state index in [0.717, 1.165) is 11.4 Å². The lowest BCUT2D eigenvalue weighted by Gasteiger charge is -2.13. The summed E-state index contributed by atoms with van der Waals surface area (Å²) >= 11 is 0. The van der Waals surface area contributed by atoms with Crippen molar-refractivity contribution in [3.63, 3.8) is 0 Å². The van der Waals surface area contributed by atoms with Crippen molar-refractivity contribution in [1.82, 2.24) is 4.98 Å². The highest BCUT2D eigenvalue weighted by Gasteiger charge is 2.04. The van der Waals surface area contributed by atoms with E-state index in [-0.39, 0.29) is 0 Å². The van der Waals surface area contributed by atoms with E-state index in [4.69, 9.17) is 5.39 Å². The summed E-state index contributed by atoms with van der Waals surface area (Å²) < 4.78 is 0. The number of anilines is 3. The summed E-state index contributed by atoms with van der Waals surface area (Å²) in [5.74, 6) is 0.708. The predicted molar refractivity (Wildman–Crippen MR) is 73.0 cm³/mol.